The van der Waals surface area contributed by atoms with E-state index in [9.17, 15) is 18.4 Å². The van der Waals surface area contributed by atoms with Gasteiger partial charge in [0.1, 0.15) is 28.7 Å². The first-order valence-corrected chi connectivity index (χ1v) is 8.29. The van der Waals surface area contributed by atoms with E-state index in [4.69, 9.17) is 9.52 Å². The summed E-state index contributed by atoms with van der Waals surface area (Å²) in [5.74, 6) is -2.43. The Balaban J connectivity index is 1.87. The second kappa shape index (κ2) is 6.55. The van der Waals surface area contributed by atoms with Crippen molar-refractivity contribution in [2.75, 3.05) is 7.05 Å². The van der Waals surface area contributed by atoms with Gasteiger partial charge in [-0.3, -0.25) is 4.79 Å². The number of hydrogen-bond donors (Lipinski definition) is 1. The normalized spacial score (nSPS) is 15.4. The second-order valence-corrected chi connectivity index (χ2v) is 6.68. The molecule has 3 rings (SSSR count). The largest absolute Gasteiger partial charge is 0.478 e. The summed E-state index contributed by atoms with van der Waals surface area (Å²) in [5.41, 5.74) is -1.38. The van der Waals surface area contributed by atoms with Crippen LogP contribution < -0.4 is 0 Å². The van der Waals surface area contributed by atoms with Crippen LogP contribution >= 0.6 is 0 Å². The fourth-order valence-electron chi connectivity index (χ4n) is 3.56. The van der Waals surface area contributed by atoms with Gasteiger partial charge in [0, 0.05) is 12.6 Å². The Morgan fingerprint density at radius 3 is 2.35 bits per heavy atom. The number of aromatic carboxylic acids is 1. The van der Waals surface area contributed by atoms with E-state index in [1.165, 1.54) is 31.0 Å². The van der Waals surface area contributed by atoms with Crippen LogP contribution in [0.2, 0.25) is 0 Å². The number of benzene rings is 1. The Labute approximate surface area is 149 Å². The summed E-state index contributed by atoms with van der Waals surface area (Å²) in [6.07, 6.45) is 1.44. The Kier molecular flexibility index (Phi) is 4.56. The molecule has 0 spiro atoms. The van der Waals surface area contributed by atoms with Crippen molar-refractivity contribution in [3.8, 4) is 0 Å². The number of furan rings is 1. The molecule has 1 aliphatic rings. The van der Waals surface area contributed by atoms with Crippen LogP contribution in [0.4, 0.5) is 8.78 Å². The number of carbonyl (C=O) groups is 2. The van der Waals surface area contributed by atoms with Crippen LogP contribution in [0.25, 0.3) is 0 Å². The van der Waals surface area contributed by atoms with Gasteiger partial charge in [0.15, 0.2) is 0 Å². The molecule has 0 saturated heterocycles. The Hall–Kier alpha value is -2.70. The van der Waals surface area contributed by atoms with Crippen molar-refractivity contribution >= 4 is 11.9 Å². The van der Waals surface area contributed by atoms with E-state index in [1.54, 1.807) is 0 Å². The predicted octanol–water partition coefficient (Wildman–Crippen LogP) is 3.64. The van der Waals surface area contributed by atoms with E-state index in [0.717, 1.165) is 12.1 Å². The topological polar surface area (TPSA) is 70.8 Å². The molecule has 0 aliphatic heterocycles. The van der Waals surface area contributed by atoms with Crippen LogP contribution in [-0.2, 0) is 16.8 Å². The maximum absolute atomic E-state index is 14.3. The summed E-state index contributed by atoms with van der Waals surface area (Å²) >= 11 is 0. The van der Waals surface area contributed by atoms with Crippen LogP contribution in [0.1, 0.15) is 46.7 Å². The maximum Gasteiger partial charge on any atom is 0.339 e. The average Bonchev–Trinajstić information content (AvgIpc) is 2.89. The third-order valence-electron chi connectivity index (χ3n) is 5.00. The van der Waals surface area contributed by atoms with E-state index >= 15 is 0 Å². The minimum Gasteiger partial charge on any atom is -0.478 e. The average molecular weight is 363 g/mol. The van der Waals surface area contributed by atoms with Crippen molar-refractivity contribution in [2.45, 2.75) is 38.1 Å². The first kappa shape index (κ1) is 18.1. The minimum absolute atomic E-state index is 0.0186. The predicted molar refractivity (Wildman–Crippen MR) is 88.8 cm³/mol. The van der Waals surface area contributed by atoms with Gasteiger partial charge in [-0.25, -0.2) is 13.6 Å². The van der Waals surface area contributed by atoms with Gasteiger partial charge in [-0.2, -0.15) is 0 Å². The molecule has 1 fully saturated rings. The standard InChI is InChI=1S/C19H19F2NO4/c1-11-13(17(23)24)9-12(26-11)10-22(2)18(25)19(7-4-8-19)16-14(20)5-3-6-15(16)21/h3,5-6,9H,4,7-8,10H2,1-2H3,(H,23,24). The molecular weight excluding hydrogens is 344 g/mol. The molecule has 0 atom stereocenters. The molecule has 0 bridgehead atoms. The van der Waals surface area contributed by atoms with Crippen LogP contribution in [0.5, 0.6) is 0 Å². The molecule has 0 unspecified atom stereocenters. The third-order valence-corrected chi connectivity index (χ3v) is 5.00. The minimum atomic E-state index is -1.22. The number of carboxylic acids is 1. The quantitative estimate of drug-likeness (QED) is 0.880. The van der Waals surface area contributed by atoms with Crippen LogP contribution in [-0.4, -0.2) is 28.9 Å². The van der Waals surface area contributed by atoms with Gasteiger partial charge in [0.05, 0.1) is 12.0 Å². The van der Waals surface area contributed by atoms with Crippen molar-refractivity contribution in [1.29, 1.82) is 0 Å². The first-order valence-electron chi connectivity index (χ1n) is 8.29. The lowest BCUT2D eigenvalue weighted by molar-refractivity contribution is -0.140. The lowest BCUT2D eigenvalue weighted by atomic mass is 9.63. The van der Waals surface area contributed by atoms with Gasteiger partial charge in [0.25, 0.3) is 0 Å². The zero-order chi connectivity index (χ0) is 19.1. The summed E-state index contributed by atoms with van der Waals surface area (Å²) < 4.78 is 33.9. The summed E-state index contributed by atoms with van der Waals surface area (Å²) in [4.78, 5) is 25.5. The van der Waals surface area contributed by atoms with E-state index < -0.39 is 28.9 Å². The van der Waals surface area contributed by atoms with Gasteiger partial charge in [-0.1, -0.05) is 12.5 Å². The summed E-state index contributed by atoms with van der Waals surface area (Å²) in [7, 11) is 1.51. The number of carbonyl (C=O) groups excluding carboxylic acids is 1. The third kappa shape index (κ3) is 2.87. The lowest BCUT2D eigenvalue weighted by Crippen LogP contribution is -2.50. The fourth-order valence-corrected chi connectivity index (χ4v) is 3.56. The number of likely N-dealkylation sites (N-methyl/N-ethyl adjacent to an activating group) is 1. The van der Waals surface area contributed by atoms with Crippen molar-refractivity contribution in [1.82, 2.24) is 4.90 Å². The number of hydrogen-bond acceptors (Lipinski definition) is 3. The van der Waals surface area contributed by atoms with Gasteiger partial charge in [-0.05, 0) is 38.0 Å². The molecule has 1 aromatic carbocycles. The molecule has 1 aromatic heterocycles. The maximum atomic E-state index is 14.3. The summed E-state index contributed by atoms with van der Waals surface area (Å²) in [5, 5.41) is 9.08. The van der Waals surface area contributed by atoms with Crippen molar-refractivity contribution < 1.29 is 27.9 Å². The van der Waals surface area contributed by atoms with Gasteiger partial charge < -0.3 is 14.4 Å². The fraction of sp³-hybridized carbons (Fsp3) is 0.368. The highest BCUT2D eigenvalue weighted by Crippen LogP contribution is 2.47. The summed E-state index contributed by atoms with van der Waals surface area (Å²) in [6, 6.07) is 4.94. The van der Waals surface area contributed by atoms with E-state index in [-0.39, 0.29) is 23.4 Å². The van der Waals surface area contributed by atoms with Crippen LogP contribution in [0.15, 0.2) is 28.7 Å². The van der Waals surface area contributed by atoms with E-state index in [0.29, 0.717) is 25.0 Å². The zero-order valence-electron chi connectivity index (χ0n) is 14.5. The van der Waals surface area contributed by atoms with Gasteiger partial charge >= 0.3 is 5.97 Å². The highest BCUT2D eigenvalue weighted by atomic mass is 19.1. The van der Waals surface area contributed by atoms with Gasteiger partial charge in [0.2, 0.25) is 5.91 Å². The molecular formula is C19H19F2NO4. The molecule has 5 nitrogen and oxygen atoms in total. The molecule has 0 radical (unpaired) electrons. The number of nitrogens with zero attached hydrogens (tertiary/aromatic N) is 1. The monoisotopic (exact) mass is 363 g/mol. The molecule has 26 heavy (non-hydrogen) atoms. The molecule has 1 aliphatic carbocycles. The Bertz CT molecular complexity index is 850. The number of rotatable bonds is 5. The van der Waals surface area contributed by atoms with E-state index in [1.807, 2.05) is 0 Å². The molecule has 1 heterocycles. The zero-order valence-corrected chi connectivity index (χ0v) is 14.5. The van der Waals surface area contributed by atoms with Crippen LogP contribution in [0.3, 0.4) is 0 Å². The molecule has 1 N–H and O–H groups in total. The molecule has 1 amide bonds. The highest BCUT2D eigenvalue weighted by molar-refractivity contribution is 5.90. The van der Waals surface area contributed by atoms with Gasteiger partial charge in [-0.15, -0.1) is 0 Å². The van der Waals surface area contributed by atoms with Crippen LogP contribution in [0, 0.1) is 18.6 Å². The molecule has 138 valence electrons. The second-order valence-electron chi connectivity index (χ2n) is 6.68. The number of carboxylic acid groups (broad SMARTS) is 1. The molecule has 7 heteroatoms. The van der Waals surface area contributed by atoms with Crippen molar-refractivity contribution in [3.63, 3.8) is 0 Å². The number of aryl methyl sites for hydroxylation is 1. The Morgan fingerprint density at radius 2 is 1.88 bits per heavy atom. The smallest absolute Gasteiger partial charge is 0.339 e. The van der Waals surface area contributed by atoms with E-state index in [2.05, 4.69) is 0 Å². The molecule has 1 saturated carbocycles. The van der Waals surface area contributed by atoms with Crippen molar-refractivity contribution in [2.24, 2.45) is 0 Å². The van der Waals surface area contributed by atoms with Crippen molar-refractivity contribution in [3.05, 3.63) is 58.5 Å². The first-order chi connectivity index (χ1) is 12.3. The SMILES string of the molecule is Cc1oc(CN(C)C(=O)C2(c3c(F)cccc3F)CCC2)cc1C(=O)O. The number of halogens is 2. The Morgan fingerprint density at radius 1 is 1.27 bits per heavy atom. The summed E-state index contributed by atoms with van der Waals surface area (Å²) in [6.45, 7) is 1.54. The number of amides is 1. The highest BCUT2D eigenvalue weighted by Gasteiger charge is 2.50. The molecule has 2 aromatic rings. The lowest BCUT2D eigenvalue weighted by Gasteiger charge is -2.43.